The number of primary amides is 1. The SMILES string of the molecule is CC(C)(O)C(=O)NC1=C(C(N)=O)C=C(S(=O)(=O)c2cc(F)c(F)cc2Cl)C1. The van der Waals surface area contributed by atoms with Crippen LogP contribution >= 0.6 is 11.6 Å². The average Bonchev–Trinajstić information content (AvgIpc) is 2.94. The molecule has 1 aliphatic rings. The predicted octanol–water partition coefficient (Wildman–Crippen LogP) is 1.31. The monoisotopic (exact) mass is 420 g/mol. The molecule has 0 saturated heterocycles. The van der Waals surface area contributed by atoms with Gasteiger partial charge in [-0.05, 0) is 32.1 Å². The minimum absolute atomic E-state index is 0.146. The number of hydrogen-bond acceptors (Lipinski definition) is 5. The molecule has 0 saturated carbocycles. The highest BCUT2D eigenvalue weighted by molar-refractivity contribution is 7.95. The van der Waals surface area contributed by atoms with Crippen LogP contribution in [0.2, 0.25) is 5.02 Å². The third-order valence-electron chi connectivity index (χ3n) is 3.68. The van der Waals surface area contributed by atoms with Crippen LogP contribution in [0.5, 0.6) is 0 Å². The summed E-state index contributed by atoms with van der Waals surface area (Å²) in [5, 5.41) is 11.4. The maximum absolute atomic E-state index is 13.5. The van der Waals surface area contributed by atoms with Crippen molar-refractivity contribution in [2.24, 2.45) is 5.73 Å². The number of halogens is 3. The lowest BCUT2D eigenvalue weighted by Gasteiger charge is -2.18. The molecule has 2 amide bonds. The van der Waals surface area contributed by atoms with Crippen LogP contribution in [0.15, 0.2) is 39.3 Å². The molecule has 27 heavy (non-hydrogen) atoms. The zero-order chi connectivity index (χ0) is 20.7. The van der Waals surface area contributed by atoms with E-state index in [2.05, 4.69) is 5.32 Å². The maximum Gasteiger partial charge on any atom is 0.255 e. The quantitative estimate of drug-likeness (QED) is 0.489. The van der Waals surface area contributed by atoms with E-state index >= 15 is 0 Å². The Labute approximate surface area is 158 Å². The lowest BCUT2D eigenvalue weighted by atomic mass is 10.1. The molecule has 0 aromatic heterocycles. The second-order valence-electron chi connectivity index (χ2n) is 6.26. The molecule has 0 fully saturated rings. The zero-order valence-electron chi connectivity index (χ0n) is 14.1. The van der Waals surface area contributed by atoms with Gasteiger partial charge in [0.25, 0.3) is 11.8 Å². The van der Waals surface area contributed by atoms with Crippen molar-refractivity contribution in [1.29, 1.82) is 0 Å². The number of nitrogens with two attached hydrogens (primary N) is 1. The second kappa shape index (κ2) is 7.02. The largest absolute Gasteiger partial charge is 0.381 e. The number of carbonyl (C=O) groups is 2. The Bertz CT molecular complexity index is 1010. The average molecular weight is 421 g/mol. The van der Waals surface area contributed by atoms with Gasteiger partial charge in [0, 0.05) is 12.1 Å². The van der Waals surface area contributed by atoms with Crippen molar-refractivity contribution < 1.29 is 31.9 Å². The Morgan fingerprint density at radius 3 is 2.33 bits per heavy atom. The van der Waals surface area contributed by atoms with E-state index in [9.17, 15) is 31.9 Å². The van der Waals surface area contributed by atoms with Crippen molar-refractivity contribution in [2.75, 3.05) is 0 Å². The summed E-state index contributed by atoms with van der Waals surface area (Å²) >= 11 is 5.72. The molecule has 4 N–H and O–H groups in total. The molecule has 0 atom stereocenters. The Balaban J connectivity index is 2.45. The summed E-state index contributed by atoms with van der Waals surface area (Å²) in [5.74, 6) is -4.67. The van der Waals surface area contributed by atoms with Crippen LogP contribution in [0.1, 0.15) is 20.3 Å². The van der Waals surface area contributed by atoms with E-state index in [4.69, 9.17) is 17.3 Å². The van der Waals surface area contributed by atoms with Gasteiger partial charge in [-0.2, -0.15) is 0 Å². The molecule has 1 aromatic carbocycles. The molecular weight excluding hydrogens is 406 g/mol. The Kier molecular flexibility index (Phi) is 5.46. The van der Waals surface area contributed by atoms with Crippen LogP contribution < -0.4 is 11.1 Å². The van der Waals surface area contributed by atoms with Crippen molar-refractivity contribution in [2.45, 2.75) is 30.8 Å². The van der Waals surface area contributed by atoms with Gasteiger partial charge in [-0.1, -0.05) is 11.6 Å². The van der Waals surface area contributed by atoms with E-state index in [1.165, 1.54) is 13.8 Å². The van der Waals surface area contributed by atoms with Gasteiger partial charge in [-0.25, -0.2) is 17.2 Å². The molecule has 0 radical (unpaired) electrons. The standard InChI is InChI=1S/C16H15ClF2N2O5S/c1-16(2,24)15(23)21-12-4-7(3-8(12)14(20)22)27(25,26)13-6-11(19)10(18)5-9(13)17/h3,5-6,24H,4H2,1-2H3,(H2,20,22)(H,21,23). The fourth-order valence-electron chi connectivity index (χ4n) is 2.21. The van der Waals surface area contributed by atoms with Crippen LogP contribution in [0.3, 0.4) is 0 Å². The number of carbonyl (C=O) groups excluding carboxylic acids is 2. The Morgan fingerprint density at radius 2 is 1.81 bits per heavy atom. The molecule has 0 aliphatic heterocycles. The first kappa shape index (κ1) is 21.0. The maximum atomic E-state index is 13.5. The molecule has 1 aliphatic carbocycles. The smallest absolute Gasteiger partial charge is 0.255 e. The predicted molar refractivity (Wildman–Crippen MR) is 91.9 cm³/mol. The number of sulfone groups is 1. The summed E-state index contributed by atoms with van der Waals surface area (Å²) in [7, 11) is -4.42. The lowest BCUT2D eigenvalue weighted by molar-refractivity contribution is -0.135. The number of rotatable bonds is 5. The molecule has 0 spiro atoms. The topological polar surface area (TPSA) is 127 Å². The molecule has 2 rings (SSSR count). The van der Waals surface area contributed by atoms with Gasteiger partial charge < -0.3 is 16.2 Å². The third kappa shape index (κ3) is 4.18. The van der Waals surface area contributed by atoms with Crippen molar-refractivity contribution in [3.05, 3.63) is 51.0 Å². The van der Waals surface area contributed by atoms with Crippen molar-refractivity contribution in [1.82, 2.24) is 5.32 Å². The summed E-state index contributed by atoms with van der Waals surface area (Å²) in [6.07, 6.45) is 0.451. The van der Waals surface area contributed by atoms with Crippen LogP contribution in [0.25, 0.3) is 0 Å². The molecule has 146 valence electrons. The second-order valence-corrected chi connectivity index (χ2v) is 8.64. The molecule has 11 heteroatoms. The minimum Gasteiger partial charge on any atom is -0.381 e. The fraction of sp³-hybridized carbons (Fsp3) is 0.250. The van der Waals surface area contributed by atoms with E-state index in [0.29, 0.717) is 12.1 Å². The normalized spacial score (nSPS) is 15.0. The van der Waals surface area contributed by atoms with Gasteiger partial charge in [0.05, 0.1) is 20.4 Å². The Morgan fingerprint density at radius 1 is 1.26 bits per heavy atom. The zero-order valence-corrected chi connectivity index (χ0v) is 15.7. The number of nitrogens with one attached hydrogen (secondary N) is 1. The van der Waals surface area contributed by atoms with Crippen LogP contribution in [-0.4, -0.2) is 30.9 Å². The highest BCUT2D eigenvalue weighted by Crippen LogP contribution is 2.35. The summed E-state index contributed by atoms with van der Waals surface area (Å²) in [4.78, 5) is 22.4. The first-order valence-electron chi connectivity index (χ1n) is 7.42. The summed E-state index contributed by atoms with van der Waals surface area (Å²) in [5.41, 5.74) is 2.95. The van der Waals surface area contributed by atoms with Gasteiger partial charge >= 0.3 is 0 Å². The van der Waals surface area contributed by atoms with Crippen molar-refractivity contribution >= 4 is 33.3 Å². The summed E-state index contributed by atoms with van der Waals surface area (Å²) in [6, 6.07) is 0.934. The highest BCUT2D eigenvalue weighted by atomic mass is 35.5. The molecule has 0 heterocycles. The van der Waals surface area contributed by atoms with E-state index in [1.807, 2.05) is 0 Å². The van der Waals surface area contributed by atoms with Crippen molar-refractivity contribution in [3.63, 3.8) is 0 Å². The van der Waals surface area contributed by atoms with Crippen LogP contribution in [0, 0.1) is 11.6 Å². The van der Waals surface area contributed by atoms with E-state index in [1.54, 1.807) is 0 Å². The fourth-order valence-corrected chi connectivity index (χ4v) is 4.13. The van der Waals surface area contributed by atoms with Gasteiger partial charge in [-0.3, -0.25) is 9.59 Å². The first-order valence-corrected chi connectivity index (χ1v) is 9.28. The number of hydrogen-bond donors (Lipinski definition) is 3. The molecule has 7 nitrogen and oxygen atoms in total. The van der Waals surface area contributed by atoms with E-state index < -0.39 is 60.1 Å². The lowest BCUT2D eigenvalue weighted by Crippen LogP contribution is -2.42. The Hall–Kier alpha value is -2.30. The number of amides is 2. The highest BCUT2D eigenvalue weighted by Gasteiger charge is 2.34. The molecule has 0 bridgehead atoms. The van der Waals surface area contributed by atoms with E-state index in [0.717, 1.165) is 6.08 Å². The van der Waals surface area contributed by atoms with E-state index in [-0.39, 0.29) is 11.3 Å². The summed E-state index contributed by atoms with van der Waals surface area (Å²) in [6.45, 7) is 2.38. The third-order valence-corrected chi connectivity index (χ3v) is 5.97. The number of allylic oxidation sites excluding steroid dienone is 1. The van der Waals surface area contributed by atoms with Gasteiger partial charge in [0.1, 0.15) is 5.60 Å². The molecule has 1 aromatic rings. The number of aliphatic hydroxyl groups is 1. The van der Waals surface area contributed by atoms with Gasteiger partial charge in [-0.15, -0.1) is 0 Å². The molecular formula is C16H15ClF2N2O5S. The van der Waals surface area contributed by atoms with Gasteiger partial charge in [0.2, 0.25) is 9.84 Å². The van der Waals surface area contributed by atoms with Gasteiger partial charge in [0.15, 0.2) is 11.6 Å². The first-order chi connectivity index (χ1) is 12.2. The molecule has 0 unspecified atom stereocenters. The minimum atomic E-state index is -4.42. The number of benzene rings is 1. The summed E-state index contributed by atoms with van der Waals surface area (Å²) < 4.78 is 52.1. The van der Waals surface area contributed by atoms with Crippen molar-refractivity contribution in [3.8, 4) is 0 Å². The van der Waals surface area contributed by atoms with Crippen LogP contribution in [-0.2, 0) is 19.4 Å². The van der Waals surface area contributed by atoms with Crippen LogP contribution in [0.4, 0.5) is 8.78 Å².